The Hall–Kier alpha value is -2.03. The van der Waals surface area contributed by atoms with E-state index in [9.17, 15) is 9.90 Å². The summed E-state index contributed by atoms with van der Waals surface area (Å²) in [5.74, 6) is -0.0284. The first-order chi connectivity index (χ1) is 7.59. The average molecular weight is 215 g/mol. The van der Waals surface area contributed by atoms with E-state index >= 15 is 0 Å². The molecule has 0 atom stereocenters. The fraction of sp³-hybridized carbons (Fsp3) is 0.154. The highest BCUT2D eigenvalue weighted by Crippen LogP contribution is 2.18. The average Bonchev–Trinajstić information content (AvgIpc) is 2.19. The van der Waals surface area contributed by atoms with Gasteiger partial charge in [-0.15, -0.1) is 0 Å². The normalized spacial score (nSPS) is 10.4. The van der Waals surface area contributed by atoms with Crippen molar-refractivity contribution in [1.29, 1.82) is 0 Å². The third-order valence-corrected chi connectivity index (χ3v) is 2.51. The van der Waals surface area contributed by atoms with Crippen LogP contribution in [0.2, 0.25) is 0 Å². The third kappa shape index (κ3) is 1.72. The van der Waals surface area contributed by atoms with Gasteiger partial charge in [0.25, 0.3) is 5.56 Å². The predicted octanol–water partition coefficient (Wildman–Crippen LogP) is 2.16. The molecule has 3 nitrogen and oxygen atoms in total. The van der Waals surface area contributed by atoms with Gasteiger partial charge in [0.1, 0.15) is 0 Å². The number of pyridine rings is 1. The van der Waals surface area contributed by atoms with Gasteiger partial charge in [-0.2, -0.15) is 0 Å². The number of aromatic hydroxyl groups is 1. The van der Waals surface area contributed by atoms with Gasteiger partial charge >= 0.3 is 0 Å². The predicted molar refractivity (Wildman–Crippen MR) is 63.2 cm³/mol. The molecule has 1 aromatic carbocycles. The number of rotatable bonds is 1. The fourth-order valence-corrected chi connectivity index (χ4v) is 1.74. The number of para-hydroxylation sites is 1. The van der Waals surface area contributed by atoms with E-state index in [0.29, 0.717) is 5.69 Å². The number of aromatic nitrogens is 1. The summed E-state index contributed by atoms with van der Waals surface area (Å²) in [6.45, 7) is 3.68. The minimum atomic E-state index is -0.216. The van der Waals surface area contributed by atoms with Gasteiger partial charge in [0.05, 0.1) is 5.69 Å². The Bertz CT molecular complexity index is 585. The van der Waals surface area contributed by atoms with Crippen molar-refractivity contribution in [2.75, 3.05) is 0 Å². The van der Waals surface area contributed by atoms with Crippen LogP contribution in [0.25, 0.3) is 5.69 Å². The Balaban J connectivity index is 2.75. The van der Waals surface area contributed by atoms with Crippen LogP contribution in [0.15, 0.2) is 41.2 Å². The van der Waals surface area contributed by atoms with Gasteiger partial charge in [-0.3, -0.25) is 4.79 Å². The molecule has 1 aromatic heterocycles. The molecule has 0 saturated heterocycles. The first-order valence-electron chi connectivity index (χ1n) is 5.08. The van der Waals surface area contributed by atoms with Crippen LogP contribution in [0.3, 0.4) is 0 Å². The Morgan fingerprint density at radius 1 is 1.12 bits per heavy atom. The SMILES string of the molecule is Cc1cc(O)n(-c2ccccc2C)c(=O)c1. The zero-order valence-corrected chi connectivity index (χ0v) is 9.27. The van der Waals surface area contributed by atoms with E-state index in [1.54, 1.807) is 13.0 Å². The second-order valence-corrected chi connectivity index (χ2v) is 3.85. The van der Waals surface area contributed by atoms with Crippen molar-refractivity contribution in [3.8, 4) is 11.6 Å². The largest absolute Gasteiger partial charge is 0.494 e. The smallest absolute Gasteiger partial charge is 0.258 e. The van der Waals surface area contributed by atoms with Crippen LogP contribution >= 0.6 is 0 Å². The standard InChI is InChI=1S/C13H13NO2/c1-9-7-12(15)14(13(16)8-9)11-6-4-3-5-10(11)2/h3-8,15H,1-2H3. The molecule has 0 spiro atoms. The van der Waals surface area contributed by atoms with Crippen molar-refractivity contribution in [3.63, 3.8) is 0 Å². The van der Waals surface area contributed by atoms with Crippen molar-refractivity contribution < 1.29 is 5.11 Å². The molecule has 2 aromatic rings. The third-order valence-electron chi connectivity index (χ3n) is 2.51. The molecule has 1 heterocycles. The first kappa shape index (κ1) is 10.5. The second kappa shape index (κ2) is 3.85. The molecule has 0 fully saturated rings. The molecule has 2 rings (SSSR count). The molecule has 82 valence electrons. The van der Waals surface area contributed by atoms with E-state index in [2.05, 4.69) is 0 Å². The summed E-state index contributed by atoms with van der Waals surface area (Å²) in [6, 6.07) is 10.5. The van der Waals surface area contributed by atoms with Crippen molar-refractivity contribution in [1.82, 2.24) is 4.57 Å². The maximum absolute atomic E-state index is 11.8. The minimum Gasteiger partial charge on any atom is -0.494 e. The molecule has 1 N–H and O–H groups in total. The highest BCUT2D eigenvalue weighted by Gasteiger charge is 2.07. The van der Waals surface area contributed by atoms with Crippen LogP contribution in [-0.4, -0.2) is 9.67 Å². The van der Waals surface area contributed by atoms with Crippen molar-refractivity contribution in [3.05, 3.63) is 57.9 Å². The van der Waals surface area contributed by atoms with Crippen LogP contribution in [0.5, 0.6) is 5.88 Å². The fourth-order valence-electron chi connectivity index (χ4n) is 1.74. The molecular formula is C13H13NO2. The van der Waals surface area contributed by atoms with E-state index in [4.69, 9.17) is 0 Å². The maximum Gasteiger partial charge on any atom is 0.258 e. The summed E-state index contributed by atoms with van der Waals surface area (Å²) in [5.41, 5.74) is 2.20. The van der Waals surface area contributed by atoms with Gasteiger partial charge in [-0.1, -0.05) is 18.2 Å². The summed E-state index contributed by atoms with van der Waals surface area (Å²) < 4.78 is 1.31. The topological polar surface area (TPSA) is 42.2 Å². The highest BCUT2D eigenvalue weighted by molar-refractivity contribution is 5.43. The molecular weight excluding hydrogens is 202 g/mol. The Kier molecular flexibility index (Phi) is 2.52. The van der Waals surface area contributed by atoms with Crippen LogP contribution in [-0.2, 0) is 0 Å². The molecule has 0 bridgehead atoms. The lowest BCUT2D eigenvalue weighted by Crippen LogP contribution is -2.18. The van der Waals surface area contributed by atoms with E-state index in [-0.39, 0.29) is 11.4 Å². The van der Waals surface area contributed by atoms with Gasteiger partial charge in [-0.25, -0.2) is 4.57 Å². The summed E-state index contributed by atoms with van der Waals surface area (Å²) in [5, 5.41) is 9.81. The molecule has 16 heavy (non-hydrogen) atoms. The Morgan fingerprint density at radius 2 is 1.81 bits per heavy atom. The Labute approximate surface area is 93.6 Å². The molecule has 3 heteroatoms. The van der Waals surface area contributed by atoms with Crippen LogP contribution < -0.4 is 5.56 Å². The Morgan fingerprint density at radius 3 is 2.44 bits per heavy atom. The summed E-state index contributed by atoms with van der Waals surface area (Å²) in [7, 11) is 0. The van der Waals surface area contributed by atoms with Crippen molar-refractivity contribution >= 4 is 0 Å². The summed E-state index contributed by atoms with van der Waals surface area (Å²) in [6.07, 6.45) is 0. The number of benzene rings is 1. The lowest BCUT2D eigenvalue weighted by molar-refractivity contribution is 0.434. The quantitative estimate of drug-likeness (QED) is 0.792. The number of hydrogen-bond acceptors (Lipinski definition) is 2. The van der Waals surface area contributed by atoms with E-state index in [0.717, 1.165) is 11.1 Å². The number of aryl methyl sites for hydroxylation is 2. The van der Waals surface area contributed by atoms with Crippen LogP contribution in [0.1, 0.15) is 11.1 Å². The van der Waals surface area contributed by atoms with Crippen LogP contribution in [0.4, 0.5) is 0 Å². The minimum absolute atomic E-state index is 0.0284. The van der Waals surface area contributed by atoms with Crippen molar-refractivity contribution in [2.24, 2.45) is 0 Å². The molecule has 0 unspecified atom stereocenters. The summed E-state index contributed by atoms with van der Waals surface area (Å²) >= 11 is 0. The number of nitrogens with zero attached hydrogens (tertiary/aromatic N) is 1. The van der Waals surface area contributed by atoms with E-state index in [1.807, 2.05) is 31.2 Å². The van der Waals surface area contributed by atoms with E-state index in [1.165, 1.54) is 10.6 Å². The lowest BCUT2D eigenvalue weighted by Gasteiger charge is -2.11. The molecule has 0 aliphatic rings. The number of hydrogen-bond donors (Lipinski definition) is 1. The van der Waals surface area contributed by atoms with Gasteiger partial charge in [0.2, 0.25) is 0 Å². The van der Waals surface area contributed by atoms with E-state index < -0.39 is 0 Å². The zero-order chi connectivity index (χ0) is 11.7. The maximum atomic E-state index is 11.8. The van der Waals surface area contributed by atoms with Gasteiger partial charge < -0.3 is 5.11 Å². The summed E-state index contributed by atoms with van der Waals surface area (Å²) in [4.78, 5) is 11.8. The molecule has 0 amide bonds. The van der Waals surface area contributed by atoms with Gasteiger partial charge in [-0.05, 0) is 31.0 Å². The van der Waals surface area contributed by atoms with Crippen molar-refractivity contribution in [2.45, 2.75) is 13.8 Å². The lowest BCUT2D eigenvalue weighted by atomic mass is 10.2. The molecule has 0 saturated carbocycles. The first-order valence-corrected chi connectivity index (χ1v) is 5.08. The van der Waals surface area contributed by atoms with Gasteiger partial charge in [0.15, 0.2) is 5.88 Å². The monoisotopic (exact) mass is 215 g/mol. The molecule has 0 aliphatic heterocycles. The zero-order valence-electron chi connectivity index (χ0n) is 9.27. The molecule has 0 radical (unpaired) electrons. The highest BCUT2D eigenvalue weighted by atomic mass is 16.3. The molecule has 0 aliphatic carbocycles. The van der Waals surface area contributed by atoms with Gasteiger partial charge in [0, 0.05) is 12.1 Å². The second-order valence-electron chi connectivity index (χ2n) is 3.85. The van der Waals surface area contributed by atoms with Crippen LogP contribution in [0, 0.1) is 13.8 Å².